The fourth-order valence-electron chi connectivity index (χ4n) is 2.75. The number of benzene rings is 1. The summed E-state index contributed by atoms with van der Waals surface area (Å²) in [5.41, 5.74) is 2.66. The van der Waals surface area contributed by atoms with Gasteiger partial charge in [0.2, 0.25) is 0 Å². The van der Waals surface area contributed by atoms with Crippen molar-refractivity contribution in [2.75, 3.05) is 0 Å². The Morgan fingerprint density at radius 2 is 2.08 bits per heavy atom. The quantitative estimate of drug-likeness (QED) is 0.423. The predicted octanol–water partition coefficient (Wildman–Crippen LogP) is 3.54. The van der Waals surface area contributed by atoms with Crippen LogP contribution in [0.5, 0.6) is 0 Å². The van der Waals surface area contributed by atoms with Crippen molar-refractivity contribution in [1.29, 1.82) is 0 Å². The minimum atomic E-state index is -0.622. The van der Waals surface area contributed by atoms with Crippen LogP contribution in [0.1, 0.15) is 5.56 Å². The van der Waals surface area contributed by atoms with E-state index in [1.54, 1.807) is 40.8 Å². The Morgan fingerprint density at radius 3 is 2.80 bits per heavy atom. The number of rotatable bonds is 3. The van der Waals surface area contributed by atoms with Crippen molar-refractivity contribution in [3.8, 4) is 16.9 Å². The molecule has 3 aromatic heterocycles. The lowest BCUT2D eigenvalue weighted by Crippen LogP contribution is -2.00. The number of nitro groups is 1. The van der Waals surface area contributed by atoms with Gasteiger partial charge in [-0.3, -0.25) is 19.7 Å². The van der Waals surface area contributed by atoms with Gasteiger partial charge in [0.15, 0.2) is 0 Å². The molecule has 4 rings (SSSR count). The maximum absolute atomic E-state index is 14.1. The van der Waals surface area contributed by atoms with Gasteiger partial charge in [0.25, 0.3) is 5.69 Å². The van der Waals surface area contributed by atoms with Gasteiger partial charge in [-0.1, -0.05) is 0 Å². The Labute approximate surface area is 141 Å². The van der Waals surface area contributed by atoms with Gasteiger partial charge < -0.3 is 0 Å². The molecule has 0 aliphatic carbocycles. The van der Waals surface area contributed by atoms with E-state index >= 15 is 0 Å². The Hall–Kier alpha value is -3.55. The molecular weight excluding hydrogens is 325 g/mol. The maximum atomic E-state index is 14.1. The monoisotopic (exact) mass is 337 g/mol. The summed E-state index contributed by atoms with van der Waals surface area (Å²) >= 11 is 0. The molecule has 0 aliphatic rings. The number of hydrogen-bond acceptors (Lipinski definition) is 4. The lowest BCUT2D eigenvalue weighted by molar-refractivity contribution is -0.385. The van der Waals surface area contributed by atoms with E-state index in [2.05, 4.69) is 10.1 Å². The number of aromatic nitrogens is 4. The molecule has 124 valence electrons. The van der Waals surface area contributed by atoms with Crippen molar-refractivity contribution in [1.82, 2.24) is 19.2 Å². The highest BCUT2D eigenvalue weighted by Gasteiger charge is 2.17. The maximum Gasteiger partial charge on any atom is 0.274 e. The zero-order chi connectivity index (χ0) is 17.6. The van der Waals surface area contributed by atoms with Gasteiger partial charge in [0, 0.05) is 48.0 Å². The number of pyridine rings is 1. The first-order chi connectivity index (χ1) is 12.0. The molecule has 0 unspecified atom stereocenters. The molecule has 0 spiro atoms. The van der Waals surface area contributed by atoms with Crippen LogP contribution in [0, 0.1) is 22.9 Å². The summed E-state index contributed by atoms with van der Waals surface area (Å²) in [5.74, 6) is -0.622. The molecule has 1 aromatic carbocycles. The molecular formula is C17H12FN5O2. The highest BCUT2D eigenvalue weighted by atomic mass is 19.1. The third-order valence-corrected chi connectivity index (χ3v) is 4.05. The van der Waals surface area contributed by atoms with Crippen molar-refractivity contribution >= 4 is 11.3 Å². The average molecular weight is 337 g/mol. The minimum Gasteiger partial charge on any atom is -0.300 e. The highest BCUT2D eigenvalue weighted by molar-refractivity contribution is 5.66. The standard InChI is InChI=1S/C17H12FN5O2/c1-11-14(18)7-13(23(24)25)8-16(11)21-5-6-22-17(21)9-15(20-22)12-3-2-4-19-10-12/h2-10H,1H3. The molecule has 25 heavy (non-hydrogen) atoms. The number of nitro benzene ring substituents is 1. The Kier molecular flexibility index (Phi) is 3.31. The van der Waals surface area contributed by atoms with Gasteiger partial charge in [-0.15, -0.1) is 0 Å². The van der Waals surface area contributed by atoms with E-state index in [0.717, 1.165) is 11.6 Å². The second kappa shape index (κ2) is 5.52. The normalized spacial score (nSPS) is 11.1. The van der Waals surface area contributed by atoms with Crippen LogP contribution in [0.2, 0.25) is 0 Å². The van der Waals surface area contributed by atoms with Crippen molar-refractivity contribution in [3.05, 3.63) is 76.6 Å². The van der Waals surface area contributed by atoms with E-state index in [-0.39, 0.29) is 5.69 Å². The van der Waals surface area contributed by atoms with Crippen LogP contribution in [0.4, 0.5) is 10.1 Å². The molecule has 7 nitrogen and oxygen atoms in total. The molecule has 0 saturated heterocycles. The van der Waals surface area contributed by atoms with E-state index < -0.39 is 10.7 Å². The highest BCUT2D eigenvalue weighted by Crippen LogP contribution is 2.27. The van der Waals surface area contributed by atoms with Gasteiger partial charge in [-0.25, -0.2) is 8.91 Å². The van der Waals surface area contributed by atoms with Crippen molar-refractivity contribution in [2.24, 2.45) is 0 Å². The molecule has 8 heteroatoms. The van der Waals surface area contributed by atoms with E-state index in [0.29, 0.717) is 22.6 Å². The zero-order valence-corrected chi connectivity index (χ0v) is 13.1. The Morgan fingerprint density at radius 1 is 1.24 bits per heavy atom. The van der Waals surface area contributed by atoms with Gasteiger partial charge in [-0.2, -0.15) is 5.10 Å². The third kappa shape index (κ3) is 2.44. The Bertz CT molecular complexity index is 1100. The van der Waals surface area contributed by atoms with Crippen molar-refractivity contribution in [3.63, 3.8) is 0 Å². The van der Waals surface area contributed by atoms with Gasteiger partial charge in [0.05, 0.1) is 22.4 Å². The lowest BCUT2D eigenvalue weighted by atomic mass is 10.1. The summed E-state index contributed by atoms with van der Waals surface area (Å²) in [4.78, 5) is 14.5. The van der Waals surface area contributed by atoms with Gasteiger partial charge in [-0.05, 0) is 19.1 Å². The summed E-state index contributed by atoms with van der Waals surface area (Å²) in [5, 5.41) is 15.5. The molecule has 3 heterocycles. The first-order valence-electron chi connectivity index (χ1n) is 7.46. The molecule has 0 amide bonds. The van der Waals surface area contributed by atoms with Crippen LogP contribution in [-0.4, -0.2) is 24.1 Å². The van der Waals surface area contributed by atoms with Crippen molar-refractivity contribution < 1.29 is 9.31 Å². The number of nitrogens with zero attached hydrogens (tertiary/aromatic N) is 5. The predicted molar refractivity (Wildman–Crippen MR) is 89.1 cm³/mol. The van der Waals surface area contributed by atoms with Crippen LogP contribution in [-0.2, 0) is 0 Å². The van der Waals surface area contributed by atoms with Crippen LogP contribution in [0.15, 0.2) is 55.1 Å². The van der Waals surface area contributed by atoms with E-state index in [9.17, 15) is 14.5 Å². The van der Waals surface area contributed by atoms with E-state index in [1.807, 2.05) is 18.2 Å². The molecule has 4 aromatic rings. The number of fused-ring (bicyclic) bond motifs is 1. The van der Waals surface area contributed by atoms with Crippen molar-refractivity contribution in [2.45, 2.75) is 6.92 Å². The molecule has 0 bridgehead atoms. The number of imidazole rings is 1. The van der Waals surface area contributed by atoms with Crippen LogP contribution >= 0.6 is 0 Å². The summed E-state index contributed by atoms with van der Waals surface area (Å²) < 4.78 is 17.4. The molecule has 0 atom stereocenters. The molecule has 0 fully saturated rings. The number of halogens is 1. The summed E-state index contributed by atoms with van der Waals surface area (Å²) in [6.07, 6.45) is 6.78. The fraction of sp³-hybridized carbons (Fsp3) is 0.0588. The fourth-order valence-corrected chi connectivity index (χ4v) is 2.75. The van der Waals surface area contributed by atoms with Crippen LogP contribution in [0.3, 0.4) is 0 Å². The third-order valence-electron chi connectivity index (χ3n) is 4.05. The minimum absolute atomic E-state index is 0.294. The van der Waals surface area contributed by atoms with E-state index in [1.165, 1.54) is 6.07 Å². The molecule has 0 aliphatic heterocycles. The zero-order valence-electron chi connectivity index (χ0n) is 13.1. The SMILES string of the molecule is Cc1c(F)cc([N+](=O)[O-])cc1-n1ccn2nc(-c3cccnc3)cc12. The molecule has 0 N–H and O–H groups in total. The lowest BCUT2D eigenvalue weighted by Gasteiger charge is -2.08. The average Bonchev–Trinajstić information content (AvgIpc) is 3.18. The van der Waals surface area contributed by atoms with E-state index in [4.69, 9.17) is 0 Å². The van der Waals surface area contributed by atoms with Gasteiger partial charge >= 0.3 is 0 Å². The first kappa shape index (κ1) is 15.0. The molecule has 0 radical (unpaired) electrons. The number of hydrogen-bond donors (Lipinski definition) is 0. The summed E-state index contributed by atoms with van der Waals surface area (Å²) in [7, 11) is 0. The second-order valence-corrected chi connectivity index (χ2v) is 5.57. The van der Waals surface area contributed by atoms with Crippen LogP contribution < -0.4 is 0 Å². The Balaban J connectivity index is 1.91. The van der Waals surface area contributed by atoms with Gasteiger partial charge in [0.1, 0.15) is 11.5 Å². The second-order valence-electron chi connectivity index (χ2n) is 5.57. The largest absolute Gasteiger partial charge is 0.300 e. The van der Waals surface area contributed by atoms with Crippen LogP contribution in [0.25, 0.3) is 22.6 Å². The smallest absolute Gasteiger partial charge is 0.274 e. The summed E-state index contributed by atoms with van der Waals surface area (Å²) in [6.45, 7) is 1.59. The molecule has 0 saturated carbocycles. The topological polar surface area (TPSA) is 78.3 Å². The summed E-state index contributed by atoms with van der Waals surface area (Å²) in [6, 6.07) is 7.81. The number of non-ortho nitro benzene ring substituents is 1. The first-order valence-corrected chi connectivity index (χ1v) is 7.46.